The van der Waals surface area contributed by atoms with Gasteiger partial charge in [0.25, 0.3) is 0 Å². The lowest BCUT2D eigenvalue weighted by atomic mass is 10.0. The molecule has 0 bridgehead atoms. The van der Waals surface area contributed by atoms with Gasteiger partial charge in [-0.05, 0) is 12.8 Å². The molecule has 0 aliphatic rings. The summed E-state index contributed by atoms with van der Waals surface area (Å²) in [5.41, 5.74) is 0. The first-order chi connectivity index (χ1) is 5.76. The van der Waals surface area contributed by atoms with E-state index in [0.29, 0.717) is 6.61 Å². The first-order valence-electron chi connectivity index (χ1n) is 4.53. The number of halogens is 1. The van der Waals surface area contributed by atoms with Crippen LogP contribution < -0.4 is 0 Å². The molecule has 1 unspecified atom stereocenters. The van der Waals surface area contributed by atoms with Gasteiger partial charge in [-0.3, -0.25) is 4.79 Å². The Kier molecular flexibility index (Phi) is 11.1. The molecule has 0 radical (unpaired) electrons. The number of esters is 1. The van der Waals surface area contributed by atoms with Gasteiger partial charge in [0.1, 0.15) is 6.61 Å². The second-order valence-electron chi connectivity index (χ2n) is 2.81. The minimum atomic E-state index is -0.0840. The van der Waals surface area contributed by atoms with Gasteiger partial charge in [-0.1, -0.05) is 32.9 Å². The fraction of sp³-hybridized carbons (Fsp3) is 0.700. The van der Waals surface area contributed by atoms with Crippen LogP contribution in [0, 0.1) is 5.92 Å². The van der Waals surface area contributed by atoms with Crippen LogP contribution in [0.1, 0.15) is 33.1 Å². The molecular weight excluding hydrogens is 188 g/mol. The van der Waals surface area contributed by atoms with Crippen LogP contribution in [0.15, 0.2) is 12.7 Å². The third-order valence-corrected chi connectivity index (χ3v) is 1.81. The lowest BCUT2D eigenvalue weighted by Crippen LogP contribution is -2.16. The van der Waals surface area contributed by atoms with Crippen LogP contribution in [0.2, 0.25) is 0 Å². The summed E-state index contributed by atoms with van der Waals surface area (Å²) in [5, 5.41) is 0. The minimum absolute atomic E-state index is 0. The molecule has 0 aliphatic carbocycles. The van der Waals surface area contributed by atoms with Crippen molar-refractivity contribution in [3.8, 4) is 0 Å². The van der Waals surface area contributed by atoms with Crippen molar-refractivity contribution in [2.24, 2.45) is 5.92 Å². The maximum absolute atomic E-state index is 11.3. The van der Waals surface area contributed by atoms with Gasteiger partial charge < -0.3 is 4.74 Å². The molecule has 0 amide bonds. The van der Waals surface area contributed by atoms with Gasteiger partial charge in [0.2, 0.25) is 0 Å². The fourth-order valence-corrected chi connectivity index (χ4v) is 1.10. The molecular formula is C10H19ClO2. The van der Waals surface area contributed by atoms with E-state index in [1.165, 1.54) is 0 Å². The van der Waals surface area contributed by atoms with Crippen molar-refractivity contribution in [2.75, 3.05) is 6.61 Å². The number of rotatable bonds is 6. The Balaban J connectivity index is 0. The summed E-state index contributed by atoms with van der Waals surface area (Å²) in [4.78, 5) is 11.3. The van der Waals surface area contributed by atoms with Crippen molar-refractivity contribution in [3.63, 3.8) is 0 Å². The van der Waals surface area contributed by atoms with E-state index in [9.17, 15) is 4.79 Å². The van der Waals surface area contributed by atoms with Crippen LogP contribution in [0.4, 0.5) is 0 Å². The highest BCUT2D eigenvalue weighted by Gasteiger charge is 2.15. The third kappa shape index (κ3) is 6.64. The van der Waals surface area contributed by atoms with Crippen molar-refractivity contribution in [3.05, 3.63) is 12.7 Å². The molecule has 0 aromatic carbocycles. The normalized spacial score (nSPS) is 11.2. The van der Waals surface area contributed by atoms with Gasteiger partial charge in [0.15, 0.2) is 0 Å². The van der Waals surface area contributed by atoms with Crippen LogP contribution >= 0.6 is 12.4 Å². The first kappa shape index (κ1) is 15.0. The van der Waals surface area contributed by atoms with Crippen molar-refractivity contribution in [1.29, 1.82) is 0 Å². The smallest absolute Gasteiger partial charge is 0.309 e. The quantitative estimate of drug-likeness (QED) is 0.494. The number of hydrogen-bond acceptors (Lipinski definition) is 2. The summed E-state index contributed by atoms with van der Waals surface area (Å²) >= 11 is 0. The monoisotopic (exact) mass is 206 g/mol. The number of carbonyl (C=O) groups excluding carboxylic acids is 1. The van der Waals surface area contributed by atoms with Crippen molar-refractivity contribution in [2.45, 2.75) is 33.1 Å². The van der Waals surface area contributed by atoms with Crippen LogP contribution in [-0.2, 0) is 9.53 Å². The minimum Gasteiger partial charge on any atom is -0.461 e. The largest absolute Gasteiger partial charge is 0.461 e. The average Bonchev–Trinajstić information content (AvgIpc) is 2.10. The van der Waals surface area contributed by atoms with Gasteiger partial charge in [-0.2, -0.15) is 0 Å². The fourth-order valence-electron chi connectivity index (χ4n) is 1.10. The molecule has 0 aromatic heterocycles. The molecule has 0 spiro atoms. The molecule has 2 nitrogen and oxygen atoms in total. The Bertz CT molecular complexity index is 146. The Hall–Kier alpha value is -0.500. The maximum atomic E-state index is 11.3. The van der Waals surface area contributed by atoms with E-state index in [1.807, 2.05) is 6.92 Å². The zero-order valence-corrected chi connectivity index (χ0v) is 9.23. The summed E-state index contributed by atoms with van der Waals surface area (Å²) in [6.07, 6.45) is 4.41. The lowest BCUT2D eigenvalue weighted by Gasteiger charge is -2.11. The molecule has 3 heteroatoms. The molecule has 0 fully saturated rings. The van der Waals surface area contributed by atoms with E-state index in [4.69, 9.17) is 4.74 Å². The molecule has 0 heterocycles. The summed E-state index contributed by atoms with van der Waals surface area (Å²) in [6, 6.07) is 0. The van der Waals surface area contributed by atoms with E-state index < -0.39 is 0 Å². The summed E-state index contributed by atoms with van der Waals surface area (Å²) < 4.78 is 4.94. The highest BCUT2D eigenvalue weighted by molar-refractivity contribution is 5.85. The number of ether oxygens (including phenoxy) is 1. The van der Waals surface area contributed by atoms with Crippen molar-refractivity contribution >= 4 is 18.4 Å². The third-order valence-electron chi connectivity index (χ3n) is 1.81. The van der Waals surface area contributed by atoms with E-state index in [1.54, 1.807) is 6.08 Å². The molecule has 0 aromatic rings. The predicted octanol–water partition coefficient (Wildman–Crippen LogP) is 2.96. The van der Waals surface area contributed by atoms with Crippen LogP contribution in [-0.4, -0.2) is 12.6 Å². The second-order valence-corrected chi connectivity index (χ2v) is 2.81. The molecule has 0 aliphatic heterocycles. The SMILES string of the molecule is C=CCOC(=O)C(CC)CCC.Cl. The van der Waals surface area contributed by atoms with Crippen molar-refractivity contribution in [1.82, 2.24) is 0 Å². The summed E-state index contributed by atoms with van der Waals surface area (Å²) in [5.74, 6) is -0.00537. The van der Waals surface area contributed by atoms with Gasteiger partial charge in [-0.25, -0.2) is 0 Å². The lowest BCUT2D eigenvalue weighted by molar-refractivity contribution is -0.147. The molecule has 1 atom stereocenters. The molecule has 0 rings (SSSR count). The molecule has 13 heavy (non-hydrogen) atoms. The Morgan fingerprint density at radius 2 is 2.15 bits per heavy atom. The topological polar surface area (TPSA) is 26.3 Å². The predicted molar refractivity (Wildman–Crippen MR) is 57.1 cm³/mol. The molecule has 78 valence electrons. The zero-order valence-electron chi connectivity index (χ0n) is 8.41. The van der Waals surface area contributed by atoms with Gasteiger partial charge in [-0.15, -0.1) is 12.4 Å². The summed E-state index contributed by atoms with van der Waals surface area (Å²) in [7, 11) is 0. The van der Waals surface area contributed by atoms with Gasteiger partial charge in [0.05, 0.1) is 5.92 Å². The van der Waals surface area contributed by atoms with Gasteiger partial charge >= 0.3 is 5.97 Å². The Labute approximate surface area is 86.8 Å². The molecule has 0 saturated heterocycles. The first-order valence-corrected chi connectivity index (χ1v) is 4.53. The van der Waals surface area contributed by atoms with Crippen LogP contribution in [0.25, 0.3) is 0 Å². The maximum Gasteiger partial charge on any atom is 0.309 e. The van der Waals surface area contributed by atoms with Crippen molar-refractivity contribution < 1.29 is 9.53 Å². The van der Waals surface area contributed by atoms with E-state index in [2.05, 4.69) is 13.5 Å². The zero-order chi connectivity index (χ0) is 9.40. The van der Waals surface area contributed by atoms with E-state index >= 15 is 0 Å². The molecule has 0 saturated carbocycles. The average molecular weight is 207 g/mol. The number of carbonyl (C=O) groups is 1. The van der Waals surface area contributed by atoms with Gasteiger partial charge in [0, 0.05) is 0 Å². The van der Waals surface area contributed by atoms with E-state index in [0.717, 1.165) is 19.3 Å². The second kappa shape index (κ2) is 9.59. The van der Waals surface area contributed by atoms with Crippen LogP contribution in [0.5, 0.6) is 0 Å². The Morgan fingerprint density at radius 3 is 2.54 bits per heavy atom. The highest BCUT2D eigenvalue weighted by Crippen LogP contribution is 2.12. The number of hydrogen-bond donors (Lipinski definition) is 0. The summed E-state index contributed by atoms with van der Waals surface area (Å²) in [6.45, 7) is 7.90. The standard InChI is InChI=1S/C10H18O2.ClH/c1-4-7-9(6-3)10(11)12-8-5-2;/h5,9H,2,4,6-8H2,1,3H3;1H. The van der Waals surface area contributed by atoms with Crippen LogP contribution in [0.3, 0.4) is 0 Å². The van der Waals surface area contributed by atoms with E-state index in [-0.39, 0.29) is 24.3 Å². The molecule has 0 N–H and O–H groups in total. The Morgan fingerprint density at radius 1 is 1.54 bits per heavy atom. The highest BCUT2D eigenvalue weighted by atomic mass is 35.5.